The summed E-state index contributed by atoms with van der Waals surface area (Å²) in [6.45, 7) is 14.1. The van der Waals surface area contributed by atoms with Gasteiger partial charge in [0.05, 0.1) is 0 Å². The van der Waals surface area contributed by atoms with Crippen LogP contribution in [0.5, 0.6) is 0 Å². The van der Waals surface area contributed by atoms with Crippen molar-refractivity contribution < 1.29 is 0 Å². The zero-order chi connectivity index (χ0) is 29.1. The first kappa shape index (κ1) is 26.9. The average Bonchev–Trinajstić information content (AvgIpc) is 3.01. The monoisotopic (exact) mass is 563 g/mol. The van der Waals surface area contributed by atoms with Crippen LogP contribution in [0.1, 0.15) is 62.8 Å². The van der Waals surface area contributed by atoms with Crippen molar-refractivity contribution in [2.45, 2.75) is 61.2 Å². The molecule has 0 bridgehead atoms. The highest BCUT2D eigenvalue weighted by atomic mass is 32.2. The lowest BCUT2D eigenvalue weighted by molar-refractivity contribution is 0.332. The van der Waals surface area contributed by atoms with E-state index in [0.717, 1.165) is 16.9 Å². The maximum absolute atomic E-state index is 4.48. The molecule has 0 fully saturated rings. The Labute approximate surface area is 254 Å². The topological polar surface area (TPSA) is 3.24 Å². The first-order valence-corrected chi connectivity index (χ1v) is 15.7. The molecule has 0 saturated carbocycles. The van der Waals surface area contributed by atoms with E-state index in [0.29, 0.717) is 0 Å². The van der Waals surface area contributed by atoms with Crippen molar-refractivity contribution in [3.05, 3.63) is 144 Å². The summed E-state index contributed by atoms with van der Waals surface area (Å²) >= 11 is 1.84. The molecule has 0 N–H and O–H groups in total. The van der Waals surface area contributed by atoms with Crippen molar-refractivity contribution in [3.63, 3.8) is 0 Å². The van der Waals surface area contributed by atoms with Crippen molar-refractivity contribution >= 4 is 34.4 Å². The van der Waals surface area contributed by atoms with Crippen LogP contribution in [0.25, 0.3) is 16.7 Å². The third-order valence-electron chi connectivity index (χ3n) is 9.31. The van der Waals surface area contributed by atoms with Crippen molar-refractivity contribution in [2.24, 2.45) is 0 Å². The van der Waals surface area contributed by atoms with Crippen LogP contribution in [0.2, 0.25) is 0 Å². The normalized spacial score (nSPS) is 16.2. The van der Waals surface area contributed by atoms with Gasteiger partial charge in [-0.2, -0.15) is 0 Å². The lowest BCUT2D eigenvalue weighted by atomic mass is 9.63. The van der Waals surface area contributed by atoms with E-state index >= 15 is 0 Å². The second kappa shape index (κ2) is 10.1. The van der Waals surface area contributed by atoms with E-state index in [-0.39, 0.29) is 10.8 Å². The Kier molecular flexibility index (Phi) is 6.44. The van der Waals surface area contributed by atoms with Crippen LogP contribution in [0.15, 0.2) is 132 Å². The molecule has 1 nitrogen and oxygen atoms in total. The summed E-state index contributed by atoms with van der Waals surface area (Å²) < 4.78 is 0. The molecular weight excluding hydrogens is 527 g/mol. The summed E-state index contributed by atoms with van der Waals surface area (Å²) in [5, 5.41) is 0. The van der Waals surface area contributed by atoms with Crippen LogP contribution in [0, 0.1) is 0 Å². The van der Waals surface area contributed by atoms with E-state index in [4.69, 9.17) is 0 Å². The third-order valence-corrected chi connectivity index (χ3v) is 10.4. The van der Waals surface area contributed by atoms with E-state index in [1.165, 1.54) is 61.7 Å². The Balaban J connectivity index is 1.37. The maximum Gasteiger partial charge on any atom is 0.0473 e. The molecule has 1 aliphatic carbocycles. The Morgan fingerprint density at radius 1 is 0.548 bits per heavy atom. The molecule has 0 atom stereocenters. The second-order valence-corrected chi connectivity index (χ2v) is 14.1. The summed E-state index contributed by atoms with van der Waals surface area (Å²) in [6.07, 6.45) is 2.41. The summed E-state index contributed by atoms with van der Waals surface area (Å²) in [5.74, 6) is 0. The zero-order valence-electron chi connectivity index (χ0n) is 24.9. The number of fused-ring (bicyclic) bond motifs is 3. The molecule has 0 aromatic heterocycles. The fourth-order valence-corrected chi connectivity index (χ4v) is 7.81. The fraction of sp³-hybridized carbons (Fsp3) is 0.200. The van der Waals surface area contributed by atoms with Crippen LogP contribution in [0.3, 0.4) is 0 Å². The molecule has 7 rings (SSSR count). The van der Waals surface area contributed by atoms with Crippen LogP contribution >= 0.6 is 11.8 Å². The first-order valence-electron chi connectivity index (χ1n) is 14.9. The summed E-state index contributed by atoms with van der Waals surface area (Å²) in [6, 6.07) is 42.3. The molecule has 0 spiro atoms. The van der Waals surface area contributed by atoms with Gasteiger partial charge in [-0.3, -0.25) is 0 Å². The van der Waals surface area contributed by atoms with Crippen molar-refractivity contribution in [3.8, 4) is 11.1 Å². The van der Waals surface area contributed by atoms with Crippen LogP contribution in [0.4, 0.5) is 17.1 Å². The molecule has 5 aromatic carbocycles. The highest BCUT2D eigenvalue weighted by Gasteiger charge is 2.37. The number of anilines is 3. The van der Waals surface area contributed by atoms with Crippen LogP contribution in [-0.2, 0) is 10.8 Å². The van der Waals surface area contributed by atoms with Gasteiger partial charge < -0.3 is 4.90 Å². The van der Waals surface area contributed by atoms with Gasteiger partial charge in [-0.05, 0) is 105 Å². The summed E-state index contributed by atoms with van der Waals surface area (Å²) in [4.78, 5) is 4.95. The van der Waals surface area contributed by atoms with E-state index in [2.05, 4.69) is 154 Å². The minimum Gasteiger partial charge on any atom is -0.310 e. The van der Waals surface area contributed by atoms with E-state index < -0.39 is 0 Å². The van der Waals surface area contributed by atoms with Crippen LogP contribution < -0.4 is 4.90 Å². The molecular formula is C40H37NS. The molecule has 2 aliphatic rings. The molecule has 1 heterocycles. The lowest BCUT2D eigenvalue weighted by Crippen LogP contribution is -2.34. The SMILES string of the molecule is C=C1c2ccccc2Sc2cc(N(c3ccc(-c4ccccc4)cc3)c3ccc4c(c3)C(C)(C)CCC4(C)C)ccc21. The molecule has 0 radical (unpaired) electrons. The molecule has 0 unspecified atom stereocenters. The Bertz CT molecular complexity index is 1810. The van der Waals surface area contributed by atoms with E-state index in [1.807, 2.05) is 11.8 Å². The van der Waals surface area contributed by atoms with Gasteiger partial charge in [0.2, 0.25) is 0 Å². The quantitative estimate of drug-likeness (QED) is 0.210. The molecule has 0 amide bonds. The predicted octanol–water partition coefficient (Wildman–Crippen LogP) is 11.7. The predicted molar refractivity (Wildman–Crippen MR) is 181 cm³/mol. The maximum atomic E-state index is 4.48. The van der Waals surface area contributed by atoms with E-state index in [1.54, 1.807) is 0 Å². The Morgan fingerprint density at radius 2 is 1.12 bits per heavy atom. The van der Waals surface area contributed by atoms with Crippen LogP contribution in [-0.4, -0.2) is 0 Å². The number of hydrogen-bond donors (Lipinski definition) is 0. The number of rotatable bonds is 4. The molecule has 2 heteroatoms. The van der Waals surface area contributed by atoms with Crippen molar-refractivity contribution in [2.75, 3.05) is 4.90 Å². The number of hydrogen-bond acceptors (Lipinski definition) is 2. The highest BCUT2D eigenvalue weighted by molar-refractivity contribution is 7.99. The van der Waals surface area contributed by atoms with Gasteiger partial charge >= 0.3 is 0 Å². The number of benzene rings is 5. The van der Waals surface area contributed by atoms with Gasteiger partial charge in [-0.15, -0.1) is 0 Å². The standard InChI is InChI=1S/C40H37NS/c1-27-33-13-9-10-14-37(33)42-38-26-32(19-21-34(27)38)41(30-17-15-29(16-18-30)28-11-7-6-8-12-28)31-20-22-35-36(25-31)40(4,5)24-23-39(35,2)3/h6-22,25-26H,1,23-24H2,2-5H3. The molecule has 0 saturated heterocycles. The Hall–Kier alpha value is -4.01. The molecule has 208 valence electrons. The number of nitrogens with zero attached hydrogens (tertiary/aromatic N) is 1. The summed E-state index contributed by atoms with van der Waals surface area (Å²) in [5.41, 5.74) is 12.8. The summed E-state index contributed by atoms with van der Waals surface area (Å²) in [7, 11) is 0. The van der Waals surface area contributed by atoms with Crippen molar-refractivity contribution in [1.82, 2.24) is 0 Å². The highest BCUT2D eigenvalue weighted by Crippen LogP contribution is 2.50. The smallest absolute Gasteiger partial charge is 0.0473 e. The largest absolute Gasteiger partial charge is 0.310 e. The van der Waals surface area contributed by atoms with Gasteiger partial charge in [0.1, 0.15) is 0 Å². The molecule has 42 heavy (non-hydrogen) atoms. The first-order chi connectivity index (χ1) is 20.2. The van der Waals surface area contributed by atoms with Gasteiger partial charge in [-0.25, -0.2) is 0 Å². The minimum absolute atomic E-state index is 0.136. The van der Waals surface area contributed by atoms with E-state index in [9.17, 15) is 0 Å². The fourth-order valence-electron chi connectivity index (χ4n) is 6.65. The van der Waals surface area contributed by atoms with Gasteiger partial charge in [0.25, 0.3) is 0 Å². The average molecular weight is 564 g/mol. The van der Waals surface area contributed by atoms with Gasteiger partial charge in [0.15, 0.2) is 0 Å². The van der Waals surface area contributed by atoms with Gasteiger partial charge in [-0.1, -0.05) is 119 Å². The lowest BCUT2D eigenvalue weighted by Gasteiger charge is -2.42. The molecule has 5 aromatic rings. The zero-order valence-corrected chi connectivity index (χ0v) is 25.8. The Morgan fingerprint density at radius 3 is 1.88 bits per heavy atom. The molecule has 1 aliphatic heterocycles. The third kappa shape index (κ3) is 4.59. The van der Waals surface area contributed by atoms with Gasteiger partial charge in [0, 0.05) is 26.9 Å². The minimum atomic E-state index is 0.136. The second-order valence-electron chi connectivity index (χ2n) is 13.0. The van der Waals surface area contributed by atoms with Crippen molar-refractivity contribution in [1.29, 1.82) is 0 Å².